The van der Waals surface area contributed by atoms with Gasteiger partial charge in [-0.3, -0.25) is 4.79 Å². The van der Waals surface area contributed by atoms with Gasteiger partial charge in [-0.05, 0) is 42.3 Å². The van der Waals surface area contributed by atoms with E-state index in [-0.39, 0.29) is 11.7 Å². The summed E-state index contributed by atoms with van der Waals surface area (Å²) in [7, 11) is 1.56. The molecule has 0 aliphatic heterocycles. The van der Waals surface area contributed by atoms with Crippen LogP contribution >= 0.6 is 0 Å². The van der Waals surface area contributed by atoms with E-state index < -0.39 is 11.9 Å². The van der Waals surface area contributed by atoms with Gasteiger partial charge in [0.15, 0.2) is 0 Å². The Hall–Kier alpha value is -2.40. The van der Waals surface area contributed by atoms with Crippen LogP contribution in [0.3, 0.4) is 0 Å². The number of hydrogen-bond donors (Lipinski definition) is 2. The minimum atomic E-state index is -0.734. The highest BCUT2D eigenvalue weighted by molar-refractivity contribution is 5.96. The molecule has 3 N–H and O–H groups in total. The molecular weight excluding hydrogens is 271 g/mol. The SMILES string of the molecule is CN(C(=O)[C@H](N)Cc1ccc(O)cc1)c1cccc(F)c1. The molecule has 1 atom stereocenters. The Kier molecular flexibility index (Phi) is 4.55. The zero-order valence-electron chi connectivity index (χ0n) is 11.7. The lowest BCUT2D eigenvalue weighted by Gasteiger charge is -2.21. The van der Waals surface area contributed by atoms with Gasteiger partial charge in [0.1, 0.15) is 11.6 Å². The van der Waals surface area contributed by atoms with Crippen LogP contribution in [0.2, 0.25) is 0 Å². The van der Waals surface area contributed by atoms with Crippen molar-refractivity contribution >= 4 is 11.6 Å². The van der Waals surface area contributed by atoms with E-state index in [2.05, 4.69) is 0 Å². The highest BCUT2D eigenvalue weighted by Gasteiger charge is 2.19. The second-order valence-corrected chi connectivity index (χ2v) is 4.85. The van der Waals surface area contributed by atoms with E-state index in [1.165, 1.54) is 17.0 Å². The van der Waals surface area contributed by atoms with Gasteiger partial charge in [0.05, 0.1) is 6.04 Å². The predicted molar refractivity (Wildman–Crippen MR) is 79.6 cm³/mol. The number of carbonyl (C=O) groups is 1. The fourth-order valence-corrected chi connectivity index (χ4v) is 2.03. The zero-order chi connectivity index (χ0) is 15.4. The number of phenolic OH excluding ortho intramolecular Hbond substituents is 1. The number of rotatable bonds is 4. The molecule has 5 heteroatoms. The van der Waals surface area contributed by atoms with Crippen molar-refractivity contribution < 1.29 is 14.3 Å². The number of anilines is 1. The smallest absolute Gasteiger partial charge is 0.243 e. The van der Waals surface area contributed by atoms with E-state index in [1.807, 2.05) is 0 Å². The predicted octanol–water partition coefficient (Wildman–Crippen LogP) is 2.06. The van der Waals surface area contributed by atoms with Crippen molar-refractivity contribution in [1.29, 1.82) is 0 Å². The number of phenols is 1. The summed E-state index contributed by atoms with van der Waals surface area (Å²) >= 11 is 0. The molecule has 0 fully saturated rings. The average Bonchev–Trinajstić information content (AvgIpc) is 2.48. The molecule has 0 aliphatic rings. The number of carbonyl (C=O) groups excluding carboxylic acids is 1. The lowest BCUT2D eigenvalue weighted by atomic mass is 10.1. The van der Waals surface area contributed by atoms with E-state index in [0.717, 1.165) is 5.56 Å². The Labute approximate surface area is 122 Å². The largest absolute Gasteiger partial charge is 0.508 e. The van der Waals surface area contributed by atoms with E-state index >= 15 is 0 Å². The summed E-state index contributed by atoms with van der Waals surface area (Å²) in [5, 5.41) is 9.22. The number of halogens is 1. The van der Waals surface area contributed by atoms with Gasteiger partial charge in [0.25, 0.3) is 0 Å². The first-order chi connectivity index (χ1) is 9.97. The van der Waals surface area contributed by atoms with Crippen molar-refractivity contribution in [3.8, 4) is 5.75 Å². The highest BCUT2D eigenvalue weighted by atomic mass is 19.1. The molecule has 0 bridgehead atoms. The minimum absolute atomic E-state index is 0.163. The van der Waals surface area contributed by atoms with Gasteiger partial charge in [-0.25, -0.2) is 4.39 Å². The Bertz CT molecular complexity index is 628. The Morgan fingerprint density at radius 2 is 1.95 bits per heavy atom. The molecule has 0 aromatic heterocycles. The van der Waals surface area contributed by atoms with E-state index in [0.29, 0.717) is 12.1 Å². The third kappa shape index (κ3) is 3.79. The first kappa shape index (κ1) is 15.0. The van der Waals surface area contributed by atoms with Crippen LogP contribution in [0.4, 0.5) is 10.1 Å². The molecular formula is C16H17FN2O2. The zero-order valence-corrected chi connectivity index (χ0v) is 11.7. The molecule has 110 valence electrons. The molecule has 0 unspecified atom stereocenters. The monoisotopic (exact) mass is 288 g/mol. The maximum atomic E-state index is 13.2. The third-order valence-electron chi connectivity index (χ3n) is 3.24. The van der Waals surface area contributed by atoms with Crippen LogP contribution in [0.15, 0.2) is 48.5 Å². The molecule has 21 heavy (non-hydrogen) atoms. The van der Waals surface area contributed by atoms with E-state index in [9.17, 15) is 14.3 Å². The number of aromatic hydroxyl groups is 1. The summed E-state index contributed by atoms with van der Waals surface area (Å²) < 4.78 is 13.2. The lowest BCUT2D eigenvalue weighted by Crippen LogP contribution is -2.43. The normalized spacial score (nSPS) is 12.0. The molecule has 0 saturated carbocycles. The van der Waals surface area contributed by atoms with Gasteiger partial charge < -0.3 is 15.7 Å². The van der Waals surface area contributed by atoms with Crippen molar-refractivity contribution in [3.05, 3.63) is 59.9 Å². The average molecular weight is 288 g/mol. The van der Waals surface area contributed by atoms with Crippen molar-refractivity contribution in [2.75, 3.05) is 11.9 Å². The second kappa shape index (κ2) is 6.37. The van der Waals surface area contributed by atoms with E-state index in [4.69, 9.17) is 5.73 Å². The minimum Gasteiger partial charge on any atom is -0.508 e. The lowest BCUT2D eigenvalue weighted by molar-refractivity contribution is -0.119. The van der Waals surface area contributed by atoms with Crippen LogP contribution in [-0.2, 0) is 11.2 Å². The van der Waals surface area contributed by atoms with Crippen molar-refractivity contribution in [2.24, 2.45) is 5.73 Å². The molecule has 2 aromatic carbocycles. The highest BCUT2D eigenvalue weighted by Crippen LogP contribution is 2.16. The molecule has 1 amide bonds. The fourth-order valence-electron chi connectivity index (χ4n) is 2.03. The Morgan fingerprint density at radius 3 is 2.57 bits per heavy atom. The van der Waals surface area contributed by atoms with Gasteiger partial charge in [0, 0.05) is 12.7 Å². The van der Waals surface area contributed by atoms with Crippen molar-refractivity contribution in [1.82, 2.24) is 0 Å². The van der Waals surface area contributed by atoms with Gasteiger partial charge >= 0.3 is 0 Å². The summed E-state index contributed by atoms with van der Waals surface area (Å²) in [6, 6.07) is 11.6. The number of hydrogen-bond acceptors (Lipinski definition) is 3. The molecule has 0 spiro atoms. The number of nitrogens with zero attached hydrogens (tertiary/aromatic N) is 1. The molecule has 0 aliphatic carbocycles. The number of likely N-dealkylation sites (N-methyl/N-ethyl adjacent to an activating group) is 1. The fraction of sp³-hybridized carbons (Fsp3) is 0.188. The standard InChI is InChI=1S/C16H17FN2O2/c1-19(13-4-2-3-12(17)10-13)16(21)15(18)9-11-5-7-14(20)8-6-11/h2-8,10,15,20H,9,18H2,1H3/t15-/m1/s1. The molecule has 0 heterocycles. The summed E-state index contributed by atoms with van der Waals surface area (Å²) in [6.07, 6.45) is 0.346. The topological polar surface area (TPSA) is 66.6 Å². The van der Waals surface area contributed by atoms with Crippen LogP contribution in [0.1, 0.15) is 5.56 Å². The summed E-state index contributed by atoms with van der Waals surface area (Å²) in [5.41, 5.74) is 7.22. The quantitative estimate of drug-likeness (QED) is 0.905. The number of amides is 1. The molecule has 2 aromatic rings. The van der Waals surface area contributed by atoms with E-state index in [1.54, 1.807) is 43.4 Å². The molecule has 0 saturated heterocycles. The summed E-state index contributed by atoms with van der Waals surface area (Å²) in [6.45, 7) is 0. The van der Waals surface area contributed by atoms with Crippen LogP contribution in [-0.4, -0.2) is 24.1 Å². The van der Waals surface area contributed by atoms with Crippen molar-refractivity contribution in [3.63, 3.8) is 0 Å². The van der Waals surface area contributed by atoms with Crippen LogP contribution < -0.4 is 10.6 Å². The molecule has 2 rings (SSSR count). The maximum absolute atomic E-state index is 13.2. The van der Waals surface area contributed by atoms with Gasteiger partial charge in [-0.2, -0.15) is 0 Å². The Balaban J connectivity index is 2.06. The van der Waals surface area contributed by atoms with Gasteiger partial charge in [-0.1, -0.05) is 18.2 Å². The number of benzene rings is 2. The second-order valence-electron chi connectivity index (χ2n) is 4.85. The molecule has 0 radical (unpaired) electrons. The maximum Gasteiger partial charge on any atom is 0.243 e. The first-order valence-electron chi connectivity index (χ1n) is 6.54. The summed E-state index contributed by atoms with van der Waals surface area (Å²) in [4.78, 5) is 13.6. The molecule has 4 nitrogen and oxygen atoms in total. The summed E-state index contributed by atoms with van der Waals surface area (Å²) in [5.74, 6) is -0.538. The Morgan fingerprint density at radius 1 is 1.29 bits per heavy atom. The first-order valence-corrected chi connectivity index (χ1v) is 6.54. The van der Waals surface area contributed by atoms with Crippen LogP contribution in [0.5, 0.6) is 5.75 Å². The van der Waals surface area contributed by atoms with Gasteiger partial charge in [0.2, 0.25) is 5.91 Å². The van der Waals surface area contributed by atoms with Crippen LogP contribution in [0, 0.1) is 5.82 Å². The van der Waals surface area contributed by atoms with Crippen molar-refractivity contribution in [2.45, 2.75) is 12.5 Å². The third-order valence-corrected chi connectivity index (χ3v) is 3.24. The van der Waals surface area contributed by atoms with Crippen LogP contribution in [0.25, 0.3) is 0 Å². The number of nitrogens with two attached hydrogens (primary N) is 1. The van der Waals surface area contributed by atoms with Gasteiger partial charge in [-0.15, -0.1) is 0 Å².